The van der Waals surface area contributed by atoms with Gasteiger partial charge in [-0.05, 0) is 70.7 Å². The molecule has 1 aliphatic carbocycles. The molecule has 0 aliphatic heterocycles. The number of amides is 1. The molecule has 0 fully saturated rings. The van der Waals surface area contributed by atoms with Crippen molar-refractivity contribution >= 4 is 12.1 Å². The van der Waals surface area contributed by atoms with Crippen molar-refractivity contribution in [3.63, 3.8) is 0 Å². The van der Waals surface area contributed by atoms with E-state index in [9.17, 15) is 14.7 Å². The third-order valence-corrected chi connectivity index (χ3v) is 4.39. The number of carboxylic acids is 1. The highest BCUT2D eigenvalue weighted by atomic mass is 16.6. The standard InChI is InChI=1S/C19H27NO5/c1-12(2)20(17(23)25-18(3,4)5)19(16(21)22)10-9-13-7-8-14(24-6)11-15(13)19/h7-8,11-12H,9-10H2,1-6H3,(H,21,22). The lowest BCUT2D eigenvalue weighted by molar-refractivity contribution is -0.153. The van der Waals surface area contributed by atoms with Gasteiger partial charge < -0.3 is 14.6 Å². The Morgan fingerprint density at radius 1 is 1.28 bits per heavy atom. The molecule has 0 radical (unpaired) electrons. The molecule has 0 bridgehead atoms. The van der Waals surface area contributed by atoms with Gasteiger partial charge in [0.25, 0.3) is 0 Å². The van der Waals surface area contributed by atoms with Gasteiger partial charge >= 0.3 is 12.1 Å². The van der Waals surface area contributed by atoms with Gasteiger partial charge in [-0.15, -0.1) is 0 Å². The summed E-state index contributed by atoms with van der Waals surface area (Å²) in [7, 11) is 1.53. The summed E-state index contributed by atoms with van der Waals surface area (Å²) in [5.41, 5.74) is -0.656. The molecule has 0 aromatic heterocycles. The Hall–Kier alpha value is -2.24. The van der Waals surface area contributed by atoms with Crippen molar-refractivity contribution in [3.05, 3.63) is 29.3 Å². The molecule has 0 spiro atoms. The number of carbonyl (C=O) groups excluding carboxylic acids is 1. The number of aliphatic carboxylic acids is 1. The van der Waals surface area contributed by atoms with E-state index in [4.69, 9.17) is 9.47 Å². The third-order valence-electron chi connectivity index (χ3n) is 4.39. The van der Waals surface area contributed by atoms with Crippen molar-refractivity contribution in [1.82, 2.24) is 4.90 Å². The average Bonchev–Trinajstić information content (AvgIpc) is 2.85. The average molecular weight is 349 g/mol. The maximum atomic E-state index is 12.9. The number of nitrogens with zero attached hydrogens (tertiary/aromatic N) is 1. The van der Waals surface area contributed by atoms with Gasteiger partial charge in [0.1, 0.15) is 11.4 Å². The van der Waals surface area contributed by atoms with Gasteiger partial charge in [0.05, 0.1) is 7.11 Å². The first-order valence-corrected chi connectivity index (χ1v) is 8.46. The molecule has 2 rings (SSSR count). The summed E-state index contributed by atoms with van der Waals surface area (Å²) in [4.78, 5) is 26.6. The number of hydrogen-bond donors (Lipinski definition) is 1. The maximum absolute atomic E-state index is 12.9. The lowest BCUT2D eigenvalue weighted by atomic mass is 9.88. The van der Waals surface area contributed by atoms with Crippen LogP contribution in [0.4, 0.5) is 4.79 Å². The minimum absolute atomic E-state index is 0.308. The molecular formula is C19H27NO5. The predicted molar refractivity (Wildman–Crippen MR) is 93.8 cm³/mol. The molecule has 25 heavy (non-hydrogen) atoms. The number of carboxylic acid groups (broad SMARTS) is 1. The second-order valence-corrected chi connectivity index (χ2v) is 7.63. The van der Waals surface area contributed by atoms with E-state index in [0.29, 0.717) is 24.2 Å². The first kappa shape index (κ1) is 19.1. The largest absolute Gasteiger partial charge is 0.497 e. The van der Waals surface area contributed by atoms with Crippen molar-refractivity contribution in [2.24, 2.45) is 0 Å². The Labute approximate surface area is 148 Å². The highest BCUT2D eigenvalue weighted by molar-refractivity contribution is 5.88. The van der Waals surface area contributed by atoms with Crippen molar-refractivity contribution in [2.45, 2.75) is 64.6 Å². The maximum Gasteiger partial charge on any atom is 0.411 e. The summed E-state index contributed by atoms with van der Waals surface area (Å²) in [6, 6.07) is 5.05. The van der Waals surface area contributed by atoms with E-state index in [0.717, 1.165) is 5.56 Å². The van der Waals surface area contributed by atoms with Crippen LogP contribution in [0.2, 0.25) is 0 Å². The molecule has 6 heteroatoms. The van der Waals surface area contributed by atoms with Crippen LogP contribution in [0.25, 0.3) is 0 Å². The molecule has 138 valence electrons. The molecule has 6 nitrogen and oxygen atoms in total. The molecule has 1 aromatic rings. The van der Waals surface area contributed by atoms with Crippen LogP contribution in [-0.2, 0) is 21.5 Å². The lowest BCUT2D eigenvalue weighted by Gasteiger charge is -2.41. The van der Waals surface area contributed by atoms with Crippen LogP contribution in [0.1, 0.15) is 52.2 Å². The Morgan fingerprint density at radius 3 is 2.40 bits per heavy atom. The SMILES string of the molecule is COc1ccc2c(c1)C(C(=O)O)(N(C(=O)OC(C)(C)C)C(C)C)CC2. The minimum atomic E-state index is -1.46. The summed E-state index contributed by atoms with van der Waals surface area (Å²) in [5.74, 6) is -0.488. The van der Waals surface area contributed by atoms with Crippen LogP contribution >= 0.6 is 0 Å². The van der Waals surface area contributed by atoms with Gasteiger partial charge in [-0.3, -0.25) is 4.90 Å². The molecule has 1 aromatic carbocycles. The minimum Gasteiger partial charge on any atom is -0.497 e. The van der Waals surface area contributed by atoms with Crippen LogP contribution in [0.3, 0.4) is 0 Å². The van der Waals surface area contributed by atoms with Gasteiger partial charge in [-0.1, -0.05) is 6.07 Å². The smallest absolute Gasteiger partial charge is 0.411 e. The molecule has 0 saturated heterocycles. The van der Waals surface area contributed by atoms with E-state index >= 15 is 0 Å². The fourth-order valence-corrected chi connectivity index (χ4v) is 3.43. The lowest BCUT2D eigenvalue weighted by Crippen LogP contribution is -2.57. The van der Waals surface area contributed by atoms with Gasteiger partial charge in [0, 0.05) is 6.04 Å². The van der Waals surface area contributed by atoms with E-state index in [-0.39, 0.29) is 6.04 Å². The topological polar surface area (TPSA) is 76.1 Å². The number of ether oxygens (including phenoxy) is 2. The number of carbonyl (C=O) groups is 2. The van der Waals surface area contributed by atoms with E-state index in [1.54, 1.807) is 40.7 Å². The molecule has 0 saturated carbocycles. The summed E-state index contributed by atoms with van der Waals surface area (Å²) in [6.45, 7) is 8.90. The molecule has 1 atom stereocenters. The number of rotatable bonds is 4. The van der Waals surface area contributed by atoms with Crippen LogP contribution in [0.15, 0.2) is 18.2 Å². The van der Waals surface area contributed by atoms with Gasteiger partial charge in [-0.25, -0.2) is 9.59 Å². The summed E-state index contributed by atoms with van der Waals surface area (Å²) in [5, 5.41) is 10.2. The normalized spacial score (nSPS) is 19.5. The Bertz CT molecular complexity index is 677. The van der Waals surface area contributed by atoms with Crippen molar-refractivity contribution in [3.8, 4) is 5.75 Å². The third kappa shape index (κ3) is 3.43. The second kappa shape index (κ2) is 6.58. The zero-order valence-electron chi connectivity index (χ0n) is 15.8. The number of methoxy groups -OCH3 is 1. The zero-order valence-corrected chi connectivity index (χ0v) is 15.8. The number of fused-ring (bicyclic) bond motifs is 1. The Balaban J connectivity index is 2.61. The Morgan fingerprint density at radius 2 is 1.92 bits per heavy atom. The van der Waals surface area contributed by atoms with Gasteiger partial charge in [0.15, 0.2) is 5.54 Å². The fraction of sp³-hybridized carbons (Fsp3) is 0.579. The van der Waals surface area contributed by atoms with Crippen molar-refractivity contribution < 1.29 is 24.2 Å². The van der Waals surface area contributed by atoms with E-state index in [2.05, 4.69) is 0 Å². The molecule has 1 unspecified atom stereocenters. The second-order valence-electron chi connectivity index (χ2n) is 7.63. The number of benzene rings is 1. The molecule has 0 heterocycles. The zero-order chi connectivity index (χ0) is 19.0. The van der Waals surface area contributed by atoms with E-state index in [1.165, 1.54) is 12.0 Å². The predicted octanol–water partition coefficient (Wildman–Crippen LogP) is 3.57. The summed E-state index contributed by atoms with van der Waals surface area (Å²) >= 11 is 0. The van der Waals surface area contributed by atoms with Gasteiger partial charge in [-0.2, -0.15) is 0 Å². The van der Waals surface area contributed by atoms with Crippen molar-refractivity contribution in [2.75, 3.05) is 7.11 Å². The highest BCUT2D eigenvalue weighted by Crippen LogP contribution is 2.45. The number of hydrogen-bond acceptors (Lipinski definition) is 4. The van der Waals surface area contributed by atoms with Crippen LogP contribution in [0.5, 0.6) is 5.75 Å². The Kier molecular flexibility index (Phi) is 5.02. The van der Waals surface area contributed by atoms with Crippen molar-refractivity contribution in [1.29, 1.82) is 0 Å². The molecule has 1 N–H and O–H groups in total. The van der Waals surface area contributed by atoms with Crippen LogP contribution in [-0.4, -0.2) is 40.8 Å². The van der Waals surface area contributed by atoms with Crippen LogP contribution in [0, 0.1) is 0 Å². The first-order chi connectivity index (χ1) is 11.5. The highest BCUT2D eigenvalue weighted by Gasteiger charge is 2.54. The first-order valence-electron chi connectivity index (χ1n) is 8.46. The fourth-order valence-electron chi connectivity index (χ4n) is 3.43. The van der Waals surface area contributed by atoms with Crippen LogP contribution < -0.4 is 4.74 Å². The molecular weight excluding hydrogens is 322 g/mol. The number of aryl methyl sites for hydroxylation is 1. The van der Waals surface area contributed by atoms with E-state index in [1.807, 2.05) is 12.1 Å². The van der Waals surface area contributed by atoms with Gasteiger partial charge in [0.2, 0.25) is 0 Å². The summed E-state index contributed by atoms with van der Waals surface area (Å²) < 4.78 is 10.8. The quantitative estimate of drug-likeness (QED) is 0.899. The summed E-state index contributed by atoms with van der Waals surface area (Å²) in [6.07, 6.45) is 0.264. The monoisotopic (exact) mass is 349 g/mol. The molecule has 1 aliphatic rings. The van der Waals surface area contributed by atoms with E-state index < -0.39 is 23.2 Å². The molecule has 1 amide bonds.